The van der Waals surface area contributed by atoms with Crippen molar-refractivity contribution in [2.45, 2.75) is 31.5 Å². The van der Waals surface area contributed by atoms with Gasteiger partial charge in [-0.1, -0.05) is 0 Å². The molecule has 9 heteroatoms. The second-order valence-corrected chi connectivity index (χ2v) is 4.69. The van der Waals surface area contributed by atoms with Gasteiger partial charge < -0.3 is 25.8 Å². The lowest BCUT2D eigenvalue weighted by atomic mass is 10.1. The fourth-order valence-corrected chi connectivity index (χ4v) is 2.43. The molecule has 3 heterocycles. The molecule has 1 fully saturated rings. The van der Waals surface area contributed by atoms with E-state index >= 15 is 0 Å². The van der Waals surface area contributed by atoms with Crippen molar-refractivity contribution in [2.75, 3.05) is 12.3 Å². The number of nitrogens with two attached hydrogens (primary N) is 1. The van der Waals surface area contributed by atoms with Crippen LogP contribution in [0.3, 0.4) is 0 Å². The Morgan fingerprint density at radius 3 is 2.75 bits per heavy atom. The third-order valence-corrected chi connectivity index (χ3v) is 3.45. The van der Waals surface area contributed by atoms with E-state index in [9.17, 15) is 10.2 Å². The maximum Gasteiger partial charge on any atom is 0.167 e. The second kappa shape index (κ2) is 4.63. The molecular formula is C11H15N5O4. The van der Waals surface area contributed by atoms with Gasteiger partial charge in [-0.25, -0.2) is 15.0 Å². The first kappa shape index (κ1) is 13.2. The molecule has 5 N–H and O–H groups in total. The van der Waals surface area contributed by atoms with E-state index in [1.165, 1.54) is 10.9 Å². The number of aliphatic hydroxyl groups is 3. The summed E-state index contributed by atoms with van der Waals surface area (Å²) < 4.78 is 7.02. The number of imidazole rings is 1. The quantitative estimate of drug-likeness (QED) is 0.512. The summed E-state index contributed by atoms with van der Waals surface area (Å²) in [6.07, 6.45) is -2.83. The number of ether oxygens (including phenoxy) is 1. The summed E-state index contributed by atoms with van der Waals surface area (Å²) in [5, 5.41) is 29.0. The van der Waals surface area contributed by atoms with Crippen molar-refractivity contribution in [3.8, 4) is 0 Å². The molecule has 108 valence electrons. The van der Waals surface area contributed by atoms with Crippen LogP contribution in [0.1, 0.15) is 12.1 Å². The van der Waals surface area contributed by atoms with E-state index in [4.69, 9.17) is 15.6 Å². The Kier molecular flexibility index (Phi) is 3.05. The summed E-state index contributed by atoms with van der Waals surface area (Å²) in [5.41, 5.74) is 6.55. The highest BCUT2D eigenvalue weighted by molar-refractivity contribution is 5.81. The first-order chi connectivity index (χ1) is 9.54. The first-order valence-electron chi connectivity index (χ1n) is 6.12. The van der Waals surface area contributed by atoms with Crippen LogP contribution >= 0.6 is 0 Å². The van der Waals surface area contributed by atoms with Gasteiger partial charge in [0.25, 0.3) is 0 Å². The molecule has 2 unspecified atom stereocenters. The van der Waals surface area contributed by atoms with Crippen LogP contribution < -0.4 is 5.73 Å². The largest absolute Gasteiger partial charge is 0.394 e. The first-order valence-corrected chi connectivity index (χ1v) is 6.12. The number of nitrogens with zero attached hydrogens (tertiary/aromatic N) is 4. The van der Waals surface area contributed by atoms with Crippen molar-refractivity contribution < 1.29 is 20.1 Å². The Morgan fingerprint density at radius 1 is 1.35 bits per heavy atom. The number of hydrogen-bond donors (Lipinski definition) is 4. The van der Waals surface area contributed by atoms with E-state index in [1.54, 1.807) is 6.92 Å². The third-order valence-electron chi connectivity index (χ3n) is 3.45. The maximum absolute atomic E-state index is 10.1. The average Bonchev–Trinajstić information content (AvgIpc) is 2.90. The van der Waals surface area contributed by atoms with Crippen LogP contribution in [-0.2, 0) is 4.74 Å². The Hall–Kier alpha value is -1.81. The standard InChI is InChI=1S/C11H15N5O4/c1-4-15-6-9(12)13-3-14-10(6)16(4)11-8(19)7(18)5(2-17)20-11/h3,5,7-8,11,17-19H,2H2,1H3,(H2,12,13,14)/t5?,7-,8-,11?/m0/s1. The van der Waals surface area contributed by atoms with Gasteiger partial charge in [0.05, 0.1) is 6.61 Å². The van der Waals surface area contributed by atoms with Crippen molar-refractivity contribution in [3.63, 3.8) is 0 Å². The van der Waals surface area contributed by atoms with E-state index in [0.29, 0.717) is 17.0 Å². The van der Waals surface area contributed by atoms with Crippen molar-refractivity contribution in [3.05, 3.63) is 12.2 Å². The minimum Gasteiger partial charge on any atom is -0.394 e. The summed E-state index contributed by atoms with van der Waals surface area (Å²) in [4.78, 5) is 12.2. The van der Waals surface area contributed by atoms with E-state index in [-0.39, 0.29) is 5.82 Å². The molecule has 0 aliphatic carbocycles. The molecule has 2 aromatic rings. The predicted molar refractivity (Wildman–Crippen MR) is 67.5 cm³/mol. The predicted octanol–water partition coefficient (Wildman–Crippen LogP) is -1.67. The molecule has 0 radical (unpaired) electrons. The molecule has 0 spiro atoms. The summed E-state index contributed by atoms with van der Waals surface area (Å²) in [6, 6.07) is 0. The lowest BCUT2D eigenvalue weighted by molar-refractivity contribution is -0.0519. The number of aryl methyl sites for hydroxylation is 1. The van der Waals surface area contributed by atoms with Crippen molar-refractivity contribution in [1.29, 1.82) is 0 Å². The van der Waals surface area contributed by atoms with Gasteiger partial charge in [-0.3, -0.25) is 4.57 Å². The van der Waals surface area contributed by atoms with Crippen LogP contribution in [0.5, 0.6) is 0 Å². The van der Waals surface area contributed by atoms with E-state index in [1.807, 2.05) is 0 Å². The van der Waals surface area contributed by atoms with Crippen LogP contribution in [0.25, 0.3) is 11.2 Å². The lowest BCUT2D eigenvalue weighted by Gasteiger charge is -2.18. The molecule has 2 aromatic heterocycles. The lowest BCUT2D eigenvalue weighted by Crippen LogP contribution is -2.33. The Labute approximate surface area is 113 Å². The zero-order chi connectivity index (χ0) is 14.4. The van der Waals surface area contributed by atoms with Gasteiger partial charge >= 0.3 is 0 Å². The molecule has 0 amide bonds. The SMILES string of the molecule is Cc1nc2c(N)ncnc2n1C1OC(CO)[C@H](O)[C@@H]1O. The molecule has 1 aliphatic heterocycles. The van der Waals surface area contributed by atoms with Gasteiger partial charge in [0.15, 0.2) is 23.2 Å². The van der Waals surface area contributed by atoms with E-state index in [0.717, 1.165) is 0 Å². The molecule has 9 nitrogen and oxygen atoms in total. The van der Waals surface area contributed by atoms with Gasteiger partial charge in [0, 0.05) is 0 Å². The van der Waals surface area contributed by atoms with Gasteiger partial charge in [-0.05, 0) is 6.92 Å². The van der Waals surface area contributed by atoms with Crippen LogP contribution in [0.4, 0.5) is 5.82 Å². The van der Waals surface area contributed by atoms with Crippen LogP contribution in [0.2, 0.25) is 0 Å². The zero-order valence-corrected chi connectivity index (χ0v) is 10.7. The molecule has 3 rings (SSSR count). The number of fused-ring (bicyclic) bond motifs is 1. The van der Waals surface area contributed by atoms with Crippen LogP contribution in [0, 0.1) is 6.92 Å². The van der Waals surface area contributed by atoms with Crippen molar-refractivity contribution >= 4 is 17.0 Å². The fraction of sp³-hybridized carbons (Fsp3) is 0.545. The third kappa shape index (κ3) is 1.75. The minimum atomic E-state index is -1.19. The smallest absolute Gasteiger partial charge is 0.167 e. The van der Waals surface area contributed by atoms with E-state index < -0.39 is 31.1 Å². The highest BCUT2D eigenvalue weighted by Gasteiger charge is 2.44. The molecule has 4 atom stereocenters. The Morgan fingerprint density at radius 2 is 2.10 bits per heavy atom. The summed E-state index contributed by atoms with van der Waals surface area (Å²) in [5.74, 6) is 0.741. The molecule has 0 bridgehead atoms. The Bertz CT molecular complexity index is 645. The second-order valence-electron chi connectivity index (χ2n) is 4.69. The topological polar surface area (TPSA) is 140 Å². The monoisotopic (exact) mass is 281 g/mol. The number of rotatable bonds is 2. The summed E-state index contributed by atoms with van der Waals surface area (Å²) in [7, 11) is 0. The highest BCUT2D eigenvalue weighted by Crippen LogP contribution is 2.33. The van der Waals surface area contributed by atoms with Crippen molar-refractivity contribution in [2.24, 2.45) is 0 Å². The zero-order valence-electron chi connectivity index (χ0n) is 10.7. The molecule has 1 aliphatic rings. The van der Waals surface area contributed by atoms with Crippen LogP contribution in [-0.4, -0.2) is 59.8 Å². The molecule has 0 aromatic carbocycles. The molecule has 1 saturated heterocycles. The summed E-state index contributed by atoms with van der Waals surface area (Å²) in [6.45, 7) is 1.31. The van der Waals surface area contributed by atoms with Gasteiger partial charge in [0.2, 0.25) is 0 Å². The van der Waals surface area contributed by atoms with E-state index in [2.05, 4.69) is 15.0 Å². The molecular weight excluding hydrogens is 266 g/mol. The average molecular weight is 281 g/mol. The minimum absolute atomic E-state index is 0.226. The fourth-order valence-electron chi connectivity index (χ4n) is 2.43. The molecule has 0 saturated carbocycles. The number of hydrogen-bond acceptors (Lipinski definition) is 8. The van der Waals surface area contributed by atoms with Gasteiger partial charge in [-0.15, -0.1) is 0 Å². The van der Waals surface area contributed by atoms with Gasteiger partial charge in [-0.2, -0.15) is 0 Å². The number of aromatic nitrogens is 4. The van der Waals surface area contributed by atoms with Crippen LogP contribution in [0.15, 0.2) is 6.33 Å². The summed E-state index contributed by atoms with van der Waals surface area (Å²) >= 11 is 0. The van der Waals surface area contributed by atoms with Gasteiger partial charge in [0.1, 0.15) is 30.5 Å². The molecule has 20 heavy (non-hydrogen) atoms. The normalized spacial score (nSPS) is 30.2. The highest BCUT2D eigenvalue weighted by atomic mass is 16.6. The number of aliphatic hydroxyl groups excluding tert-OH is 3. The number of nitrogen functional groups attached to an aromatic ring is 1. The van der Waals surface area contributed by atoms with Crippen molar-refractivity contribution in [1.82, 2.24) is 19.5 Å². The number of anilines is 1. The Balaban J connectivity index is 2.11. The maximum atomic E-state index is 10.1.